The lowest BCUT2D eigenvalue weighted by atomic mass is 10.1. The van der Waals surface area contributed by atoms with Crippen molar-refractivity contribution in [1.29, 1.82) is 0 Å². The lowest BCUT2D eigenvalue weighted by molar-refractivity contribution is -0.00616. The summed E-state index contributed by atoms with van der Waals surface area (Å²) >= 11 is 0. The van der Waals surface area contributed by atoms with Crippen LogP contribution >= 0.6 is 0 Å². The summed E-state index contributed by atoms with van der Waals surface area (Å²) in [5, 5.41) is 0. The van der Waals surface area contributed by atoms with Crippen molar-refractivity contribution < 1.29 is 14.2 Å². The number of hydrogen-bond donors (Lipinski definition) is 0. The molecule has 0 amide bonds. The molecule has 0 bridgehead atoms. The molecule has 0 saturated carbocycles. The van der Waals surface area contributed by atoms with Crippen molar-refractivity contribution in [3.8, 4) is 11.5 Å². The van der Waals surface area contributed by atoms with E-state index in [2.05, 4.69) is 6.92 Å². The number of aryl methyl sites for hydroxylation is 1. The number of nitrogens with zero attached hydrogens (tertiary/aromatic N) is 1. The van der Waals surface area contributed by atoms with Crippen LogP contribution in [-0.2, 0) is 4.74 Å². The molecule has 4 nitrogen and oxygen atoms in total. The maximum absolute atomic E-state index is 5.59. The van der Waals surface area contributed by atoms with Crippen molar-refractivity contribution in [3.05, 3.63) is 23.3 Å². The fourth-order valence-corrected chi connectivity index (χ4v) is 2.09. The van der Waals surface area contributed by atoms with E-state index < -0.39 is 0 Å². The summed E-state index contributed by atoms with van der Waals surface area (Å²) in [6.45, 7) is 3.28. The van der Waals surface area contributed by atoms with Crippen LogP contribution in [0.3, 0.4) is 0 Å². The second-order valence-corrected chi connectivity index (χ2v) is 4.40. The highest BCUT2D eigenvalue weighted by molar-refractivity contribution is 5.48. The third-order valence-electron chi connectivity index (χ3n) is 2.89. The number of rotatable bonds is 3. The van der Waals surface area contributed by atoms with Crippen LogP contribution in [0.5, 0.6) is 11.5 Å². The Kier molecular flexibility index (Phi) is 3.54. The van der Waals surface area contributed by atoms with Crippen LogP contribution in [0.25, 0.3) is 0 Å². The van der Waals surface area contributed by atoms with Gasteiger partial charge in [0.05, 0.1) is 0 Å². The van der Waals surface area contributed by atoms with Crippen LogP contribution in [0.1, 0.15) is 17.4 Å². The fourth-order valence-electron chi connectivity index (χ4n) is 2.09. The molecular formula is C13H19NO3. The summed E-state index contributed by atoms with van der Waals surface area (Å²) in [5.41, 5.74) is 2.26. The first-order chi connectivity index (χ1) is 8.13. The van der Waals surface area contributed by atoms with Crippen LogP contribution in [0.2, 0.25) is 0 Å². The van der Waals surface area contributed by atoms with E-state index in [0.29, 0.717) is 13.2 Å². The summed E-state index contributed by atoms with van der Waals surface area (Å²) in [6, 6.07) is 4.03. The van der Waals surface area contributed by atoms with Gasteiger partial charge in [-0.05, 0) is 38.7 Å². The van der Waals surface area contributed by atoms with Crippen molar-refractivity contribution in [2.24, 2.45) is 0 Å². The molecule has 0 radical (unpaired) electrons. The van der Waals surface area contributed by atoms with Gasteiger partial charge in [0.1, 0.15) is 19.4 Å². The van der Waals surface area contributed by atoms with E-state index in [1.807, 2.05) is 31.1 Å². The first kappa shape index (κ1) is 12.2. The lowest BCUT2D eigenvalue weighted by Gasteiger charge is -2.27. The quantitative estimate of drug-likeness (QED) is 0.752. The van der Waals surface area contributed by atoms with Gasteiger partial charge in [0.15, 0.2) is 11.5 Å². The third kappa shape index (κ3) is 2.37. The average molecular weight is 237 g/mol. The molecule has 4 heteroatoms. The largest absolute Gasteiger partial charge is 0.486 e. The van der Waals surface area contributed by atoms with Crippen molar-refractivity contribution in [2.45, 2.75) is 13.2 Å². The van der Waals surface area contributed by atoms with Gasteiger partial charge in [0, 0.05) is 12.7 Å². The molecule has 1 aromatic carbocycles. The fraction of sp³-hybridized carbons (Fsp3) is 0.538. The third-order valence-corrected chi connectivity index (χ3v) is 2.89. The number of benzene rings is 1. The Labute approximate surface area is 102 Å². The highest BCUT2D eigenvalue weighted by Gasteiger charge is 2.20. The van der Waals surface area contributed by atoms with Crippen LogP contribution in [0.15, 0.2) is 12.1 Å². The number of fused-ring (bicyclic) bond motifs is 1. The minimum absolute atomic E-state index is 0.0640. The molecule has 1 atom stereocenters. The highest BCUT2D eigenvalue weighted by Crippen LogP contribution is 2.36. The van der Waals surface area contributed by atoms with E-state index >= 15 is 0 Å². The highest BCUT2D eigenvalue weighted by atomic mass is 16.6. The summed E-state index contributed by atoms with van der Waals surface area (Å²) in [7, 11) is 5.69. The van der Waals surface area contributed by atoms with Gasteiger partial charge in [0.25, 0.3) is 0 Å². The summed E-state index contributed by atoms with van der Waals surface area (Å²) in [4.78, 5) is 2.03. The van der Waals surface area contributed by atoms with Crippen LogP contribution < -0.4 is 9.47 Å². The molecule has 0 saturated heterocycles. The van der Waals surface area contributed by atoms with Gasteiger partial charge in [-0.2, -0.15) is 0 Å². The molecule has 0 fully saturated rings. The normalized spacial score (nSPS) is 16.1. The van der Waals surface area contributed by atoms with Crippen LogP contribution in [-0.4, -0.2) is 39.3 Å². The van der Waals surface area contributed by atoms with Gasteiger partial charge in [-0.15, -0.1) is 0 Å². The molecule has 0 spiro atoms. The maximum atomic E-state index is 5.59. The van der Waals surface area contributed by atoms with Crippen molar-refractivity contribution in [1.82, 2.24) is 4.90 Å². The first-order valence-corrected chi connectivity index (χ1v) is 5.73. The maximum Gasteiger partial charge on any atom is 0.161 e. The van der Waals surface area contributed by atoms with Crippen molar-refractivity contribution in [3.63, 3.8) is 0 Å². The van der Waals surface area contributed by atoms with Gasteiger partial charge < -0.3 is 14.2 Å². The molecule has 0 N–H and O–H groups in total. The molecule has 0 aromatic heterocycles. The Morgan fingerprint density at radius 2 is 1.76 bits per heavy atom. The van der Waals surface area contributed by atoms with E-state index in [0.717, 1.165) is 22.6 Å². The Hall–Kier alpha value is -1.26. The van der Waals surface area contributed by atoms with E-state index in [1.54, 1.807) is 7.11 Å². The van der Waals surface area contributed by atoms with Gasteiger partial charge in [-0.25, -0.2) is 0 Å². The minimum atomic E-state index is -0.0640. The second kappa shape index (κ2) is 4.94. The standard InChI is InChI=1S/C13H19NO3/c1-9-7-11-12(17-6-5-16-11)8-10(9)13(15-4)14(2)3/h7-8,13H,5-6H2,1-4H3. The van der Waals surface area contributed by atoms with Crippen molar-refractivity contribution in [2.75, 3.05) is 34.4 Å². The van der Waals surface area contributed by atoms with Gasteiger partial charge in [-0.1, -0.05) is 0 Å². The van der Waals surface area contributed by atoms with Crippen LogP contribution in [0, 0.1) is 6.92 Å². The molecule has 0 aliphatic carbocycles. The van der Waals surface area contributed by atoms with Gasteiger partial charge in [0.2, 0.25) is 0 Å². The monoisotopic (exact) mass is 237 g/mol. The second-order valence-electron chi connectivity index (χ2n) is 4.40. The van der Waals surface area contributed by atoms with Crippen LogP contribution in [0.4, 0.5) is 0 Å². The molecule has 1 unspecified atom stereocenters. The lowest BCUT2D eigenvalue weighted by Crippen LogP contribution is -2.23. The van der Waals surface area contributed by atoms with Gasteiger partial charge in [-0.3, -0.25) is 4.90 Å². The number of methoxy groups -OCH3 is 1. The first-order valence-electron chi connectivity index (χ1n) is 5.73. The smallest absolute Gasteiger partial charge is 0.161 e. The predicted molar refractivity (Wildman–Crippen MR) is 65.6 cm³/mol. The van der Waals surface area contributed by atoms with E-state index in [-0.39, 0.29) is 6.23 Å². The number of hydrogen-bond acceptors (Lipinski definition) is 4. The molecular weight excluding hydrogens is 218 g/mol. The average Bonchev–Trinajstić information content (AvgIpc) is 2.30. The zero-order valence-electron chi connectivity index (χ0n) is 10.8. The summed E-state index contributed by atoms with van der Waals surface area (Å²) in [6.07, 6.45) is -0.0640. The molecule has 1 aliphatic rings. The van der Waals surface area contributed by atoms with E-state index in [1.165, 1.54) is 0 Å². The van der Waals surface area contributed by atoms with E-state index in [9.17, 15) is 0 Å². The molecule has 94 valence electrons. The zero-order chi connectivity index (χ0) is 12.4. The Morgan fingerprint density at radius 3 is 2.29 bits per heavy atom. The SMILES string of the molecule is COC(c1cc2c(cc1C)OCCO2)N(C)C. The predicted octanol–water partition coefficient (Wildman–Crippen LogP) is 1.97. The van der Waals surface area contributed by atoms with Crippen molar-refractivity contribution >= 4 is 0 Å². The Morgan fingerprint density at radius 1 is 1.18 bits per heavy atom. The Bertz CT molecular complexity index is 404. The summed E-state index contributed by atoms with van der Waals surface area (Å²) < 4.78 is 16.6. The van der Waals surface area contributed by atoms with Gasteiger partial charge >= 0.3 is 0 Å². The molecule has 17 heavy (non-hydrogen) atoms. The Balaban J connectivity index is 2.40. The summed E-state index contributed by atoms with van der Waals surface area (Å²) in [5.74, 6) is 1.63. The van der Waals surface area contributed by atoms with E-state index in [4.69, 9.17) is 14.2 Å². The molecule has 1 heterocycles. The topological polar surface area (TPSA) is 30.9 Å². The zero-order valence-corrected chi connectivity index (χ0v) is 10.8. The molecule has 1 aliphatic heterocycles. The molecule has 1 aromatic rings. The molecule has 2 rings (SSSR count). The minimum Gasteiger partial charge on any atom is -0.486 e. The number of ether oxygens (including phenoxy) is 3.